The fourth-order valence-corrected chi connectivity index (χ4v) is 3.50. The second-order valence-corrected chi connectivity index (χ2v) is 6.08. The quantitative estimate of drug-likeness (QED) is 0.905. The Kier molecular flexibility index (Phi) is 3.76. The molecule has 0 unspecified atom stereocenters. The number of piperidine rings is 1. The molecule has 18 heavy (non-hydrogen) atoms. The van der Waals surface area contributed by atoms with Gasteiger partial charge in [-0.25, -0.2) is 0 Å². The largest absolute Gasteiger partial charge is 0.315 e. The predicted octanol–water partition coefficient (Wildman–Crippen LogP) is 2.57. The Morgan fingerprint density at radius 1 is 1.22 bits per heavy atom. The Balaban J connectivity index is 1.80. The molecule has 4 heterocycles. The molecule has 5 heteroatoms. The van der Waals surface area contributed by atoms with Crippen LogP contribution in [0.15, 0.2) is 12.4 Å². The van der Waals surface area contributed by atoms with E-state index in [0.717, 1.165) is 37.7 Å². The zero-order valence-corrected chi connectivity index (χ0v) is 11.7. The van der Waals surface area contributed by atoms with Crippen LogP contribution in [0.5, 0.6) is 0 Å². The van der Waals surface area contributed by atoms with Gasteiger partial charge in [-0.2, -0.15) is 0 Å². The maximum Gasteiger partial charge on any atom is 0.0649 e. The van der Waals surface area contributed by atoms with E-state index in [2.05, 4.69) is 15.2 Å². The first kappa shape index (κ1) is 12.7. The summed E-state index contributed by atoms with van der Waals surface area (Å²) in [5.41, 5.74) is 1.01. The summed E-state index contributed by atoms with van der Waals surface area (Å²) in [7, 11) is 0. The molecule has 3 aliphatic heterocycles. The molecule has 0 amide bonds. The molecule has 0 radical (unpaired) electrons. The van der Waals surface area contributed by atoms with Crippen molar-refractivity contribution in [1.82, 2.24) is 15.2 Å². The SMILES string of the molecule is Clc1cncc(Cl)c1CN1C[C@@H]2CC[C@H]1CNC2. The van der Waals surface area contributed by atoms with Crippen molar-refractivity contribution in [1.29, 1.82) is 0 Å². The number of hydrogen-bond donors (Lipinski definition) is 1. The number of aromatic nitrogens is 1. The van der Waals surface area contributed by atoms with Crippen LogP contribution in [0.3, 0.4) is 0 Å². The first-order valence-corrected chi connectivity index (χ1v) is 7.22. The van der Waals surface area contributed by atoms with Gasteiger partial charge in [-0.05, 0) is 25.3 Å². The van der Waals surface area contributed by atoms with Gasteiger partial charge in [0.1, 0.15) is 0 Å². The van der Waals surface area contributed by atoms with Gasteiger partial charge in [-0.15, -0.1) is 0 Å². The summed E-state index contributed by atoms with van der Waals surface area (Å²) in [6.07, 6.45) is 5.97. The van der Waals surface area contributed by atoms with Crippen molar-refractivity contribution in [2.24, 2.45) is 5.92 Å². The molecule has 0 spiro atoms. The molecule has 0 aliphatic carbocycles. The Morgan fingerprint density at radius 2 is 2.00 bits per heavy atom. The average Bonchev–Trinajstić information content (AvgIpc) is 2.69. The Labute approximate surface area is 117 Å². The number of pyridine rings is 1. The number of hydrogen-bond acceptors (Lipinski definition) is 3. The number of halogens is 2. The van der Waals surface area contributed by atoms with E-state index in [4.69, 9.17) is 23.2 Å². The van der Waals surface area contributed by atoms with Crippen molar-refractivity contribution in [2.45, 2.75) is 25.4 Å². The summed E-state index contributed by atoms with van der Waals surface area (Å²) in [6, 6.07) is 0.615. The first-order chi connectivity index (χ1) is 8.74. The second kappa shape index (κ2) is 5.33. The maximum atomic E-state index is 6.20. The van der Waals surface area contributed by atoms with Gasteiger partial charge >= 0.3 is 0 Å². The van der Waals surface area contributed by atoms with Crippen LogP contribution >= 0.6 is 23.2 Å². The Hall–Kier alpha value is -0.350. The van der Waals surface area contributed by atoms with Gasteiger partial charge in [0.2, 0.25) is 0 Å². The summed E-state index contributed by atoms with van der Waals surface area (Å²) in [5, 5.41) is 4.89. The third-order valence-corrected chi connectivity index (χ3v) is 4.70. The van der Waals surface area contributed by atoms with Gasteiger partial charge < -0.3 is 5.32 Å². The van der Waals surface area contributed by atoms with Crippen LogP contribution in [-0.2, 0) is 6.54 Å². The lowest BCUT2D eigenvalue weighted by molar-refractivity contribution is 0.126. The van der Waals surface area contributed by atoms with E-state index in [-0.39, 0.29) is 0 Å². The molecule has 3 nitrogen and oxygen atoms in total. The molecule has 98 valence electrons. The van der Waals surface area contributed by atoms with E-state index >= 15 is 0 Å². The lowest BCUT2D eigenvalue weighted by atomic mass is 9.94. The van der Waals surface area contributed by atoms with Gasteiger partial charge in [-0.3, -0.25) is 9.88 Å². The smallest absolute Gasteiger partial charge is 0.0649 e. The average molecular weight is 286 g/mol. The fourth-order valence-electron chi connectivity index (χ4n) is 3.02. The van der Waals surface area contributed by atoms with Crippen LogP contribution in [0, 0.1) is 5.92 Å². The lowest BCUT2D eigenvalue weighted by Gasteiger charge is -2.36. The van der Waals surface area contributed by atoms with E-state index in [1.54, 1.807) is 12.4 Å². The zero-order valence-electron chi connectivity index (χ0n) is 10.2. The van der Waals surface area contributed by atoms with E-state index in [1.165, 1.54) is 12.8 Å². The number of nitrogens with zero attached hydrogens (tertiary/aromatic N) is 2. The molecule has 2 bridgehead atoms. The fraction of sp³-hybridized carbons (Fsp3) is 0.615. The van der Waals surface area contributed by atoms with Crippen LogP contribution in [0.1, 0.15) is 18.4 Å². The van der Waals surface area contributed by atoms with Gasteiger partial charge in [0.05, 0.1) is 10.0 Å². The monoisotopic (exact) mass is 285 g/mol. The highest BCUT2D eigenvalue weighted by Crippen LogP contribution is 2.30. The standard InChI is InChI=1S/C13H17Cl2N3/c14-12-5-17-6-13(15)11(12)8-18-7-9-1-2-10(18)4-16-3-9/h5-6,9-10,16H,1-4,7-8H2/t9-,10+/m1/s1. The van der Waals surface area contributed by atoms with Crippen molar-refractivity contribution in [3.05, 3.63) is 28.0 Å². The minimum atomic E-state index is 0.615. The normalized spacial score (nSPS) is 28.3. The van der Waals surface area contributed by atoms with E-state index in [0.29, 0.717) is 16.1 Å². The lowest BCUT2D eigenvalue weighted by Crippen LogP contribution is -2.43. The minimum absolute atomic E-state index is 0.615. The second-order valence-electron chi connectivity index (χ2n) is 5.27. The molecule has 1 N–H and O–H groups in total. The van der Waals surface area contributed by atoms with Crippen LogP contribution in [0.4, 0.5) is 0 Å². The summed E-state index contributed by atoms with van der Waals surface area (Å²) in [4.78, 5) is 6.52. The molecule has 4 rings (SSSR count). The van der Waals surface area contributed by atoms with E-state index in [9.17, 15) is 0 Å². The van der Waals surface area contributed by atoms with Crippen molar-refractivity contribution in [2.75, 3.05) is 19.6 Å². The summed E-state index contributed by atoms with van der Waals surface area (Å²) in [5.74, 6) is 0.767. The van der Waals surface area contributed by atoms with Gasteiger partial charge in [-0.1, -0.05) is 23.2 Å². The molecule has 3 fully saturated rings. The third kappa shape index (κ3) is 2.50. The van der Waals surface area contributed by atoms with Crippen LogP contribution < -0.4 is 5.32 Å². The molecule has 0 aromatic carbocycles. The van der Waals surface area contributed by atoms with E-state index < -0.39 is 0 Å². The van der Waals surface area contributed by atoms with Gasteiger partial charge in [0.15, 0.2) is 0 Å². The van der Waals surface area contributed by atoms with Crippen LogP contribution in [-0.4, -0.2) is 35.6 Å². The number of nitrogens with one attached hydrogen (secondary N) is 1. The van der Waals surface area contributed by atoms with Crippen molar-refractivity contribution < 1.29 is 0 Å². The highest BCUT2D eigenvalue weighted by molar-refractivity contribution is 6.35. The maximum absolute atomic E-state index is 6.20. The van der Waals surface area contributed by atoms with Crippen LogP contribution in [0.25, 0.3) is 0 Å². The first-order valence-electron chi connectivity index (χ1n) is 6.46. The van der Waals surface area contributed by atoms with Gasteiger partial charge in [0, 0.05) is 43.6 Å². The van der Waals surface area contributed by atoms with Crippen LogP contribution in [0.2, 0.25) is 10.0 Å². The van der Waals surface area contributed by atoms with Gasteiger partial charge in [0.25, 0.3) is 0 Å². The molecule has 1 aromatic rings. The summed E-state index contributed by atoms with van der Waals surface area (Å²) >= 11 is 12.4. The molecule has 2 atom stereocenters. The molecular formula is C13H17Cl2N3. The zero-order chi connectivity index (χ0) is 12.5. The third-order valence-electron chi connectivity index (χ3n) is 4.04. The highest BCUT2D eigenvalue weighted by Gasteiger charge is 2.31. The molecule has 1 aromatic heterocycles. The topological polar surface area (TPSA) is 28.2 Å². The van der Waals surface area contributed by atoms with E-state index in [1.807, 2.05) is 0 Å². The summed E-state index contributed by atoms with van der Waals surface area (Å²) < 4.78 is 0. The highest BCUT2D eigenvalue weighted by atomic mass is 35.5. The molecule has 3 aliphatic rings. The minimum Gasteiger partial charge on any atom is -0.315 e. The summed E-state index contributed by atoms with van der Waals surface area (Å²) in [6.45, 7) is 4.21. The predicted molar refractivity (Wildman–Crippen MR) is 74.0 cm³/mol. The molecule has 3 saturated heterocycles. The number of rotatable bonds is 2. The molecule has 0 saturated carbocycles. The van der Waals surface area contributed by atoms with Crippen molar-refractivity contribution in [3.8, 4) is 0 Å². The Morgan fingerprint density at radius 3 is 2.78 bits per heavy atom. The van der Waals surface area contributed by atoms with Crippen molar-refractivity contribution in [3.63, 3.8) is 0 Å². The number of fused-ring (bicyclic) bond motifs is 4. The van der Waals surface area contributed by atoms with Crippen molar-refractivity contribution >= 4 is 23.2 Å². The Bertz CT molecular complexity index is 414. The molecular weight excluding hydrogens is 269 g/mol.